The minimum absolute atomic E-state index is 0.131. The number of para-hydroxylation sites is 1. The van der Waals surface area contributed by atoms with Crippen LogP contribution in [0.4, 0.5) is 0 Å². The van der Waals surface area contributed by atoms with Gasteiger partial charge in [0.25, 0.3) is 5.91 Å². The SMILES string of the molecule is CCOc1ccc(C(=O)NC(C)COc2ccccc2)cc1Cl. The van der Waals surface area contributed by atoms with E-state index in [2.05, 4.69) is 5.32 Å². The van der Waals surface area contributed by atoms with Gasteiger partial charge in [0.15, 0.2) is 0 Å². The quantitative estimate of drug-likeness (QED) is 0.835. The van der Waals surface area contributed by atoms with E-state index in [4.69, 9.17) is 21.1 Å². The second-order valence-corrected chi connectivity index (χ2v) is 5.48. The molecule has 0 saturated heterocycles. The molecular weight excluding hydrogens is 314 g/mol. The van der Waals surface area contributed by atoms with E-state index in [0.29, 0.717) is 29.5 Å². The van der Waals surface area contributed by atoms with E-state index in [1.807, 2.05) is 44.2 Å². The molecule has 0 aliphatic heterocycles. The number of rotatable bonds is 7. The maximum atomic E-state index is 12.2. The summed E-state index contributed by atoms with van der Waals surface area (Å²) in [4.78, 5) is 12.2. The van der Waals surface area contributed by atoms with Crippen molar-refractivity contribution in [1.29, 1.82) is 0 Å². The molecule has 0 bridgehead atoms. The van der Waals surface area contributed by atoms with Crippen molar-refractivity contribution >= 4 is 17.5 Å². The first-order valence-electron chi connectivity index (χ1n) is 7.51. The molecule has 0 fully saturated rings. The van der Waals surface area contributed by atoms with Gasteiger partial charge in [-0.15, -0.1) is 0 Å². The molecule has 0 saturated carbocycles. The fourth-order valence-corrected chi connectivity index (χ4v) is 2.24. The molecule has 23 heavy (non-hydrogen) atoms. The molecule has 122 valence electrons. The standard InChI is InChI=1S/C18H20ClNO3/c1-3-22-17-10-9-14(11-16(17)19)18(21)20-13(2)12-23-15-7-5-4-6-8-15/h4-11,13H,3,12H2,1-2H3,(H,20,21). The minimum atomic E-state index is -0.195. The van der Waals surface area contributed by atoms with Gasteiger partial charge in [0.05, 0.1) is 17.7 Å². The number of carbonyl (C=O) groups excluding carboxylic acids is 1. The number of nitrogens with one attached hydrogen (secondary N) is 1. The monoisotopic (exact) mass is 333 g/mol. The van der Waals surface area contributed by atoms with Crippen LogP contribution in [-0.2, 0) is 0 Å². The predicted octanol–water partition coefficient (Wildman–Crippen LogP) is 3.94. The Labute approximate surface area is 141 Å². The van der Waals surface area contributed by atoms with Crippen molar-refractivity contribution < 1.29 is 14.3 Å². The summed E-state index contributed by atoms with van der Waals surface area (Å²) in [5.41, 5.74) is 0.491. The number of ether oxygens (including phenoxy) is 2. The molecule has 1 unspecified atom stereocenters. The lowest BCUT2D eigenvalue weighted by Gasteiger charge is -2.15. The van der Waals surface area contributed by atoms with E-state index in [1.54, 1.807) is 18.2 Å². The number of amides is 1. The van der Waals surface area contributed by atoms with Gasteiger partial charge < -0.3 is 14.8 Å². The molecule has 0 heterocycles. The van der Waals surface area contributed by atoms with Crippen molar-refractivity contribution in [3.05, 3.63) is 59.1 Å². The zero-order chi connectivity index (χ0) is 16.7. The summed E-state index contributed by atoms with van der Waals surface area (Å²) >= 11 is 6.10. The van der Waals surface area contributed by atoms with Crippen LogP contribution >= 0.6 is 11.6 Å². The Morgan fingerprint density at radius 2 is 1.91 bits per heavy atom. The Balaban J connectivity index is 1.89. The maximum absolute atomic E-state index is 12.2. The first-order chi connectivity index (χ1) is 11.1. The number of benzene rings is 2. The third-order valence-electron chi connectivity index (χ3n) is 3.11. The lowest BCUT2D eigenvalue weighted by Crippen LogP contribution is -2.36. The number of halogens is 1. The van der Waals surface area contributed by atoms with Crippen molar-refractivity contribution in [3.8, 4) is 11.5 Å². The molecule has 4 nitrogen and oxygen atoms in total. The maximum Gasteiger partial charge on any atom is 0.251 e. The van der Waals surface area contributed by atoms with Crippen LogP contribution in [0.1, 0.15) is 24.2 Å². The normalized spacial score (nSPS) is 11.6. The summed E-state index contributed by atoms with van der Waals surface area (Å²) in [5, 5.41) is 3.31. The zero-order valence-corrected chi connectivity index (χ0v) is 14.0. The molecule has 1 amide bonds. The van der Waals surface area contributed by atoms with Crippen LogP contribution in [-0.4, -0.2) is 25.2 Å². The van der Waals surface area contributed by atoms with Crippen LogP contribution in [0.15, 0.2) is 48.5 Å². The highest BCUT2D eigenvalue weighted by Gasteiger charge is 2.12. The highest BCUT2D eigenvalue weighted by molar-refractivity contribution is 6.32. The second-order valence-electron chi connectivity index (χ2n) is 5.08. The first kappa shape index (κ1) is 17.2. The van der Waals surface area contributed by atoms with Crippen LogP contribution in [0.3, 0.4) is 0 Å². The number of carbonyl (C=O) groups is 1. The van der Waals surface area contributed by atoms with Gasteiger partial charge in [0, 0.05) is 5.56 Å². The fraction of sp³-hybridized carbons (Fsp3) is 0.278. The average Bonchev–Trinajstić information content (AvgIpc) is 2.56. The van der Waals surface area contributed by atoms with Gasteiger partial charge in [-0.3, -0.25) is 4.79 Å². The molecule has 2 aromatic carbocycles. The Bertz CT molecular complexity index is 646. The molecule has 5 heteroatoms. The molecule has 2 rings (SSSR count). The Morgan fingerprint density at radius 1 is 1.17 bits per heavy atom. The van der Waals surface area contributed by atoms with E-state index in [0.717, 1.165) is 5.75 Å². The van der Waals surface area contributed by atoms with Crippen molar-refractivity contribution in [2.24, 2.45) is 0 Å². The van der Waals surface area contributed by atoms with Gasteiger partial charge in [-0.2, -0.15) is 0 Å². The van der Waals surface area contributed by atoms with E-state index < -0.39 is 0 Å². The van der Waals surface area contributed by atoms with Gasteiger partial charge >= 0.3 is 0 Å². The highest BCUT2D eigenvalue weighted by Crippen LogP contribution is 2.25. The van der Waals surface area contributed by atoms with Crippen molar-refractivity contribution in [2.45, 2.75) is 19.9 Å². The highest BCUT2D eigenvalue weighted by atomic mass is 35.5. The van der Waals surface area contributed by atoms with E-state index in [-0.39, 0.29) is 11.9 Å². The number of hydrogen-bond acceptors (Lipinski definition) is 3. The van der Waals surface area contributed by atoms with E-state index in [9.17, 15) is 4.79 Å². The van der Waals surface area contributed by atoms with Crippen LogP contribution in [0.25, 0.3) is 0 Å². The van der Waals surface area contributed by atoms with E-state index in [1.165, 1.54) is 0 Å². The van der Waals surface area contributed by atoms with Gasteiger partial charge in [0.2, 0.25) is 0 Å². The lowest BCUT2D eigenvalue weighted by atomic mass is 10.2. The van der Waals surface area contributed by atoms with E-state index >= 15 is 0 Å². The molecule has 0 aliphatic rings. The third-order valence-corrected chi connectivity index (χ3v) is 3.41. The average molecular weight is 334 g/mol. The van der Waals surface area contributed by atoms with Gasteiger partial charge in [-0.05, 0) is 44.2 Å². The van der Waals surface area contributed by atoms with Crippen molar-refractivity contribution in [3.63, 3.8) is 0 Å². The Morgan fingerprint density at radius 3 is 2.57 bits per heavy atom. The van der Waals surface area contributed by atoms with Gasteiger partial charge in [0.1, 0.15) is 18.1 Å². The van der Waals surface area contributed by atoms with Crippen LogP contribution in [0.2, 0.25) is 5.02 Å². The lowest BCUT2D eigenvalue weighted by molar-refractivity contribution is 0.0926. The molecule has 0 aliphatic carbocycles. The molecule has 0 spiro atoms. The first-order valence-corrected chi connectivity index (χ1v) is 7.89. The van der Waals surface area contributed by atoms with Crippen LogP contribution < -0.4 is 14.8 Å². The van der Waals surface area contributed by atoms with Gasteiger partial charge in [-0.25, -0.2) is 0 Å². The summed E-state index contributed by atoms with van der Waals surface area (Å²) < 4.78 is 11.0. The van der Waals surface area contributed by atoms with Crippen molar-refractivity contribution in [2.75, 3.05) is 13.2 Å². The molecule has 0 aromatic heterocycles. The largest absolute Gasteiger partial charge is 0.492 e. The Kier molecular flexibility index (Phi) is 6.29. The minimum Gasteiger partial charge on any atom is -0.492 e. The summed E-state index contributed by atoms with van der Waals surface area (Å²) in [6.45, 7) is 4.68. The Hall–Kier alpha value is -2.20. The third kappa shape index (κ3) is 5.18. The van der Waals surface area contributed by atoms with Gasteiger partial charge in [-0.1, -0.05) is 29.8 Å². The molecular formula is C18H20ClNO3. The molecule has 2 aromatic rings. The predicted molar refractivity (Wildman–Crippen MR) is 91.5 cm³/mol. The van der Waals surface area contributed by atoms with Crippen LogP contribution in [0.5, 0.6) is 11.5 Å². The molecule has 1 N–H and O–H groups in total. The topological polar surface area (TPSA) is 47.6 Å². The summed E-state index contributed by atoms with van der Waals surface area (Å²) in [6, 6.07) is 14.3. The zero-order valence-electron chi connectivity index (χ0n) is 13.2. The molecule has 0 radical (unpaired) electrons. The second kappa shape index (κ2) is 8.44. The summed E-state index contributed by atoms with van der Waals surface area (Å²) in [6.07, 6.45) is 0. The smallest absolute Gasteiger partial charge is 0.251 e. The fourth-order valence-electron chi connectivity index (χ4n) is 2.00. The van der Waals surface area contributed by atoms with Crippen molar-refractivity contribution in [1.82, 2.24) is 5.32 Å². The summed E-state index contributed by atoms with van der Waals surface area (Å²) in [5.74, 6) is 1.16. The summed E-state index contributed by atoms with van der Waals surface area (Å²) in [7, 11) is 0. The molecule has 1 atom stereocenters. The van der Waals surface area contributed by atoms with Crippen LogP contribution in [0, 0.1) is 0 Å². The number of hydrogen-bond donors (Lipinski definition) is 1.